The zero-order chi connectivity index (χ0) is 15.2. The molecule has 0 aliphatic heterocycles. The Morgan fingerprint density at radius 2 is 1.76 bits per heavy atom. The quantitative estimate of drug-likeness (QED) is 0.860. The second-order valence-corrected chi connectivity index (χ2v) is 4.40. The van der Waals surface area contributed by atoms with E-state index in [9.17, 15) is 14.0 Å². The number of hydrogen-bond acceptors (Lipinski definition) is 3. The lowest BCUT2D eigenvalue weighted by Gasteiger charge is -2.08. The second kappa shape index (κ2) is 6.65. The molecule has 2 aromatic carbocycles. The van der Waals surface area contributed by atoms with Crippen molar-refractivity contribution in [3.63, 3.8) is 0 Å². The number of para-hydroxylation sites is 1. The highest BCUT2D eigenvalue weighted by Gasteiger charge is 2.07. The number of amides is 1. The van der Waals surface area contributed by atoms with Crippen molar-refractivity contribution in [3.8, 4) is 5.75 Å². The number of carbonyl (C=O) groups is 2. The lowest BCUT2D eigenvalue weighted by Crippen LogP contribution is -2.20. The van der Waals surface area contributed by atoms with Crippen LogP contribution in [0.4, 0.5) is 10.1 Å². The standard InChI is InChI=1S/C16H14FNO3/c1-11(19)12-6-8-13(9-7-12)21-10-16(20)18-15-5-3-2-4-14(15)17/h2-9H,10H2,1H3,(H,18,20). The van der Waals surface area contributed by atoms with Gasteiger partial charge in [0.2, 0.25) is 0 Å². The number of Topliss-reactive ketones (excluding diaryl/α,β-unsaturated/α-hetero) is 1. The van der Waals surface area contributed by atoms with Crippen LogP contribution in [-0.2, 0) is 4.79 Å². The van der Waals surface area contributed by atoms with E-state index in [1.54, 1.807) is 30.3 Å². The second-order valence-electron chi connectivity index (χ2n) is 4.40. The van der Waals surface area contributed by atoms with E-state index in [0.29, 0.717) is 11.3 Å². The van der Waals surface area contributed by atoms with Crippen molar-refractivity contribution in [2.24, 2.45) is 0 Å². The Labute approximate surface area is 121 Å². The number of benzene rings is 2. The molecule has 0 bridgehead atoms. The Morgan fingerprint density at radius 3 is 2.38 bits per heavy atom. The molecule has 2 aromatic rings. The van der Waals surface area contributed by atoms with Crippen molar-refractivity contribution >= 4 is 17.4 Å². The molecule has 0 aromatic heterocycles. The molecule has 0 aliphatic rings. The maximum atomic E-state index is 13.3. The van der Waals surface area contributed by atoms with Gasteiger partial charge in [0, 0.05) is 5.56 Å². The summed E-state index contributed by atoms with van der Waals surface area (Å²) in [5.41, 5.74) is 0.677. The minimum absolute atomic E-state index is 0.0427. The van der Waals surface area contributed by atoms with Crippen LogP contribution in [0, 0.1) is 5.82 Å². The average molecular weight is 287 g/mol. The zero-order valence-electron chi connectivity index (χ0n) is 11.4. The van der Waals surface area contributed by atoms with Gasteiger partial charge in [-0.15, -0.1) is 0 Å². The highest BCUT2D eigenvalue weighted by molar-refractivity contribution is 5.94. The maximum Gasteiger partial charge on any atom is 0.262 e. The van der Waals surface area contributed by atoms with Crippen molar-refractivity contribution in [1.82, 2.24) is 0 Å². The van der Waals surface area contributed by atoms with E-state index in [4.69, 9.17) is 4.74 Å². The molecular formula is C16H14FNO3. The van der Waals surface area contributed by atoms with Crippen molar-refractivity contribution in [2.75, 3.05) is 11.9 Å². The molecule has 1 N–H and O–H groups in total. The molecule has 0 atom stereocenters. The van der Waals surface area contributed by atoms with Crippen LogP contribution in [0.25, 0.3) is 0 Å². The molecule has 0 saturated heterocycles. The minimum atomic E-state index is -0.503. The predicted molar refractivity (Wildman–Crippen MR) is 77.0 cm³/mol. The highest BCUT2D eigenvalue weighted by Crippen LogP contribution is 2.14. The fourth-order valence-electron chi connectivity index (χ4n) is 1.68. The summed E-state index contributed by atoms with van der Waals surface area (Å²) in [4.78, 5) is 22.8. The van der Waals surface area contributed by atoms with Crippen LogP contribution < -0.4 is 10.1 Å². The molecule has 0 saturated carbocycles. The molecule has 0 spiro atoms. The molecule has 21 heavy (non-hydrogen) atoms. The summed E-state index contributed by atoms with van der Waals surface area (Å²) in [7, 11) is 0. The molecule has 1 amide bonds. The largest absolute Gasteiger partial charge is 0.484 e. The van der Waals surface area contributed by atoms with E-state index in [1.807, 2.05) is 0 Å². The lowest BCUT2D eigenvalue weighted by molar-refractivity contribution is -0.118. The summed E-state index contributed by atoms with van der Waals surface area (Å²) < 4.78 is 18.6. The number of ketones is 1. The van der Waals surface area contributed by atoms with Gasteiger partial charge < -0.3 is 10.1 Å². The molecule has 2 rings (SSSR count). The van der Waals surface area contributed by atoms with E-state index >= 15 is 0 Å². The number of carbonyl (C=O) groups excluding carboxylic acids is 2. The van der Waals surface area contributed by atoms with Crippen LogP contribution in [0.2, 0.25) is 0 Å². The first kappa shape index (κ1) is 14.7. The van der Waals surface area contributed by atoms with Gasteiger partial charge in [-0.3, -0.25) is 9.59 Å². The van der Waals surface area contributed by atoms with Gasteiger partial charge in [0.05, 0.1) is 5.69 Å². The van der Waals surface area contributed by atoms with E-state index in [-0.39, 0.29) is 18.1 Å². The third-order valence-corrected chi connectivity index (χ3v) is 2.78. The van der Waals surface area contributed by atoms with Crippen molar-refractivity contribution in [1.29, 1.82) is 0 Å². The van der Waals surface area contributed by atoms with E-state index in [1.165, 1.54) is 25.1 Å². The van der Waals surface area contributed by atoms with Crippen LogP contribution in [-0.4, -0.2) is 18.3 Å². The van der Waals surface area contributed by atoms with Gasteiger partial charge in [-0.1, -0.05) is 12.1 Å². The molecule has 0 heterocycles. The number of anilines is 1. The van der Waals surface area contributed by atoms with Crippen molar-refractivity contribution in [3.05, 3.63) is 59.9 Å². The summed E-state index contributed by atoms with van der Waals surface area (Å²) in [6, 6.07) is 12.3. The van der Waals surface area contributed by atoms with E-state index in [0.717, 1.165) is 0 Å². The number of nitrogens with one attached hydrogen (secondary N) is 1. The fraction of sp³-hybridized carbons (Fsp3) is 0.125. The lowest BCUT2D eigenvalue weighted by atomic mass is 10.1. The molecule has 0 aliphatic carbocycles. The summed E-state index contributed by atoms with van der Waals surface area (Å²) in [6.45, 7) is 1.23. The fourth-order valence-corrected chi connectivity index (χ4v) is 1.68. The van der Waals surface area contributed by atoms with Crippen LogP contribution >= 0.6 is 0 Å². The third-order valence-electron chi connectivity index (χ3n) is 2.78. The zero-order valence-corrected chi connectivity index (χ0v) is 11.4. The molecule has 0 radical (unpaired) electrons. The number of hydrogen-bond donors (Lipinski definition) is 1. The molecule has 4 nitrogen and oxygen atoms in total. The molecular weight excluding hydrogens is 273 g/mol. The topological polar surface area (TPSA) is 55.4 Å². The Bertz CT molecular complexity index is 653. The molecule has 108 valence electrons. The Hall–Kier alpha value is -2.69. The average Bonchev–Trinajstić information content (AvgIpc) is 2.48. The van der Waals surface area contributed by atoms with Crippen molar-refractivity contribution < 1.29 is 18.7 Å². The summed E-state index contributed by atoms with van der Waals surface area (Å²) in [5.74, 6) is -0.546. The Morgan fingerprint density at radius 1 is 1.10 bits per heavy atom. The SMILES string of the molecule is CC(=O)c1ccc(OCC(=O)Nc2ccccc2F)cc1. The predicted octanol–water partition coefficient (Wildman–Crippen LogP) is 3.05. The third kappa shape index (κ3) is 4.14. The van der Waals surface area contributed by atoms with Gasteiger partial charge in [-0.25, -0.2) is 4.39 Å². The monoisotopic (exact) mass is 287 g/mol. The summed E-state index contributed by atoms with van der Waals surface area (Å²) in [6.07, 6.45) is 0. The minimum Gasteiger partial charge on any atom is -0.484 e. The van der Waals surface area contributed by atoms with Crippen LogP contribution in [0.1, 0.15) is 17.3 Å². The van der Waals surface area contributed by atoms with Gasteiger partial charge in [0.15, 0.2) is 12.4 Å². The summed E-state index contributed by atoms with van der Waals surface area (Å²) in [5, 5.41) is 2.42. The van der Waals surface area contributed by atoms with E-state index < -0.39 is 11.7 Å². The number of halogens is 1. The van der Waals surface area contributed by atoms with Gasteiger partial charge >= 0.3 is 0 Å². The van der Waals surface area contributed by atoms with Gasteiger partial charge in [0.1, 0.15) is 11.6 Å². The van der Waals surface area contributed by atoms with Gasteiger partial charge in [0.25, 0.3) is 5.91 Å². The number of rotatable bonds is 5. The van der Waals surface area contributed by atoms with Crippen LogP contribution in [0.3, 0.4) is 0 Å². The normalized spacial score (nSPS) is 10.0. The van der Waals surface area contributed by atoms with Crippen molar-refractivity contribution in [2.45, 2.75) is 6.92 Å². The van der Waals surface area contributed by atoms with Gasteiger partial charge in [-0.2, -0.15) is 0 Å². The first-order valence-electron chi connectivity index (χ1n) is 6.34. The maximum absolute atomic E-state index is 13.3. The Kier molecular flexibility index (Phi) is 4.66. The number of ether oxygens (including phenoxy) is 1. The first-order valence-corrected chi connectivity index (χ1v) is 6.34. The first-order chi connectivity index (χ1) is 10.1. The van der Waals surface area contributed by atoms with Crippen LogP contribution in [0.5, 0.6) is 5.75 Å². The smallest absolute Gasteiger partial charge is 0.262 e. The highest BCUT2D eigenvalue weighted by atomic mass is 19.1. The molecule has 0 fully saturated rings. The van der Waals surface area contributed by atoms with E-state index in [2.05, 4.69) is 5.32 Å². The Balaban J connectivity index is 1.89. The van der Waals surface area contributed by atoms with Crippen LogP contribution in [0.15, 0.2) is 48.5 Å². The molecule has 0 unspecified atom stereocenters. The van der Waals surface area contributed by atoms with Gasteiger partial charge in [-0.05, 0) is 43.3 Å². The molecule has 5 heteroatoms. The summed E-state index contributed by atoms with van der Waals surface area (Å²) >= 11 is 0.